The highest BCUT2D eigenvalue weighted by Crippen LogP contribution is 2.27. The molecule has 2 rings (SSSR count). The Morgan fingerprint density at radius 3 is 2.83 bits per heavy atom. The van der Waals surface area contributed by atoms with Crippen LogP contribution < -0.4 is 10.1 Å². The molecule has 1 atom stereocenters. The molecule has 0 aliphatic carbocycles. The Bertz CT molecular complexity index is 497. The van der Waals surface area contributed by atoms with Crippen molar-refractivity contribution in [1.29, 1.82) is 0 Å². The van der Waals surface area contributed by atoms with Gasteiger partial charge in [0.2, 0.25) is 0 Å². The van der Waals surface area contributed by atoms with Crippen LogP contribution in [0.2, 0.25) is 5.02 Å². The summed E-state index contributed by atoms with van der Waals surface area (Å²) in [7, 11) is 3.59. The first kappa shape index (κ1) is 13.0. The zero-order valence-corrected chi connectivity index (χ0v) is 11.2. The molecule has 18 heavy (non-hydrogen) atoms. The van der Waals surface area contributed by atoms with Gasteiger partial charge in [0.15, 0.2) is 0 Å². The number of hydrogen-bond donors (Lipinski definition) is 1. The summed E-state index contributed by atoms with van der Waals surface area (Å²) in [5.74, 6) is 0.850. The number of methoxy groups -OCH3 is 1. The van der Waals surface area contributed by atoms with Gasteiger partial charge in [-0.05, 0) is 43.3 Å². The molecule has 1 N–H and O–H groups in total. The van der Waals surface area contributed by atoms with Crippen LogP contribution in [0.3, 0.4) is 0 Å². The van der Waals surface area contributed by atoms with E-state index in [-0.39, 0.29) is 6.04 Å². The largest absolute Gasteiger partial charge is 0.496 e. The number of hydrogen-bond acceptors (Lipinski definition) is 3. The Labute approximate surface area is 112 Å². The molecule has 1 aromatic carbocycles. The lowest BCUT2D eigenvalue weighted by atomic mass is 10.0. The smallest absolute Gasteiger partial charge is 0.122 e. The lowest BCUT2D eigenvalue weighted by molar-refractivity contribution is 0.406. The van der Waals surface area contributed by atoms with Gasteiger partial charge in [0.05, 0.1) is 19.6 Å². The molecule has 4 heteroatoms. The van der Waals surface area contributed by atoms with E-state index < -0.39 is 0 Å². The van der Waals surface area contributed by atoms with Gasteiger partial charge in [-0.2, -0.15) is 0 Å². The van der Waals surface area contributed by atoms with Crippen LogP contribution in [0, 0.1) is 0 Å². The van der Waals surface area contributed by atoms with Crippen molar-refractivity contribution in [3.63, 3.8) is 0 Å². The van der Waals surface area contributed by atoms with Crippen LogP contribution in [0.5, 0.6) is 5.75 Å². The van der Waals surface area contributed by atoms with Gasteiger partial charge in [-0.3, -0.25) is 0 Å². The molecule has 0 aliphatic rings. The molecule has 2 aromatic rings. The van der Waals surface area contributed by atoms with Gasteiger partial charge in [-0.1, -0.05) is 11.6 Å². The van der Waals surface area contributed by atoms with Crippen molar-refractivity contribution in [2.75, 3.05) is 14.2 Å². The van der Waals surface area contributed by atoms with E-state index >= 15 is 0 Å². The lowest BCUT2D eigenvalue weighted by Gasteiger charge is -2.16. The van der Waals surface area contributed by atoms with Crippen LogP contribution in [-0.2, 0) is 6.42 Å². The van der Waals surface area contributed by atoms with Crippen LogP contribution in [0.25, 0.3) is 0 Å². The number of halogens is 1. The predicted octanol–water partition coefficient (Wildman–Crippen LogP) is 3.44. The fourth-order valence-corrected chi connectivity index (χ4v) is 2.18. The van der Waals surface area contributed by atoms with Crippen LogP contribution in [-0.4, -0.2) is 14.2 Å². The molecule has 0 amide bonds. The van der Waals surface area contributed by atoms with Gasteiger partial charge in [-0.15, -0.1) is 0 Å². The highest BCUT2D eigenvalue weighted by atomic mass is 35.5. The average molecular weight is 266 g/mol. The Morgan fingerprint density at radius 1 is 1.39 bits per heavy atom. The van der Waals surface area contributed by atoms with E-state index in [0.29, 0.717) is 5.02 Å². The van der Waals surface area contributed by atoms with E-state index in [1.807, 2.05) is 31.3 Å². The molecular weight excluding hydrogens is 250 g/mol. The molecule has 1 aromatic heterocycles. The summed E-state index contributed by atoms with van der Waals surface area (Å²) in [6.45, 7) is 0. The zero-order chi connectivity index (χ0) is 13.0. The summed E-state index contributed by atoms with van der Waals surface area (Å²) < 4.78 is 10.5. The van der Waals surface area contributed by atoms with Crippen molar-refractivity contribution in [1.82, 2.24) is 5.32 Å². The topological polar surface area (TPSA) is 34.4 Å². The summed E-state index contributed by atoms with van der Waals surface area (Å²) >= 11 is 6.03. The predicted molar refractivity (Wildman–Crippen MR) is 72.2 cm³/mol. The molecule has 0 saturated heterocycles. The Hall–Kier alpha value is -1.45. The van der Waals surface area contributed by atoms with E-state index in [9.17, 15) is 0 Å². The second-order valence-corrected chi connectivity index (χ2v) is 4.49. The first-order valence-corrected chi connectivity index (χ1v) is 6.14. The number of ether oxygens (including phenoxy) is 1. The van der Waals surface area contributed by atoms with Crippen molar-refractivity contribution >= 4 is 11.6 Å². The highest BCUT2D eigenvalue weighted by molar-refractivity contribution is 6.30. The summed E-state index contributed by atoms with van der Waals surface area (Å²) in [4.78, 5) is 0. The molecule has 3 nitrogen and oxygen atoms in total. The second-order valence-electron chi connectivity index (χ2n) is 4.06. The molecule has 1 heterocycles. The maximum atomic E-state index is 6.03. The molecular formula is C14H16ClNO2. The van der Waals surface area contributed by atoms with E-state index in [4.69, 9.17) is 20.8 Å². The van der Waals surface area contributed by atoms with Crippen LogP contribution in [0.1, 0.15) is 17.2 Å². The third-order valence-electron chi connectivity index (χ3n) is 2.96. The Balaban J connectivity index is 2.24. The number of benzene rings is 1. The van der Waals surface area contributed by atoms with Crippen molar-refractivity contribution in [3.05, 3.63) is 52.9 Å². The first-order valence-electron chi connectivity index (χ1n) is 5.76. The standard InChI is InChI=1S/C14H16ClNO2/c1-16-13(10-5-6-18-9-10)8-11-7-12(15)3-4-14(11)17-2/h3-7,9,13,16H,8H2,1-2H3. The van der Waals surface area contributed by atoms with Gasteiger partial charge in [-0.25, -0.2) is 0 Å². The summed E-state index contributed by atoms with van der Waals surface area (Å²) in [5, 5.41) is 3.98. The fourth-order valence-electron chi connectivity index (χ4n) is 1.99. The molecule has 0 aliphatic heterocycles. The molecule has 0 saturated carbocycles. The minimum Gasteiger partial charge on any atom is -0.496 e. The normalized spacial score (nSPS) is 12.4. The number of likely N-dealkylation sites (N-methyl/N-ethyl adjacent to an activating group) is 1. The van der Waals surface area contributed by atoms with Gasteiger partial charge in [0, 0.05) is 16.6 Å². The maximum absolute atomic E-state index is 6.03. The van der Waals surface area contributed by atoms with Crippen LogP contribution >= 0.6 is 11.6 Å². The SMILES string of the molecule is CNC(Cc1cc(Cl)ccc1OC)c1ccoc1. The molecule has 0 radical (unpaired) electrons. The van der Waals surface area contributed by atoms with Crippen molar-refractivity contribution in [2.45, 2.75) is 12.5 Å². The molecule has 0 bridgehead atoms. The minimum atomic E-state index is 0.177. The third-order valence-corrected chi connectivity index (χ3v) is 3.20. The van der Waals surface area contributed by atoms with Gasteiger partial charge < -0.3 is 14.5 Å². The number of rotatable bonds is 5. The van der Waals surface area contributed by atoms with Gasteiger partial charge in [0.25, 0.3) is 0 Å². The van der Waals surface area contributed by atoms with E-state index in [0.717, 1.165) is 23.3 Å². The maximum Gasteiger partial charge on any atom is 0.122 e. The average Bonchev–Trinajstić information content (AvgIpc) is 2.90. The van der Waals surface area contributed by atoms with Gasteiger partial charge >= 0.3 is 0 Å². The van der Waals surface area contributed by atoms with Gasteiger partial charge in [0.1, 0.15) is 5.75 Å². The van der Waals surface area contributed by atoms with Crippen LogP contribution in [0.15, 0.2) is 41.2 Å². The lowest BCUT2D eigenvalue weighted by Crippen LogP contribution is -2.18. The van der Waals surface area contributed by atoms with Crippen molar-refractivity contribution < 1.29 is 9.15 Å². The first-order chi connectivity index (χ1) is 8.74. The van der Waals surface area contributed by atoms with E-state index in [1.54, 1.807) is 19.6 Å². The number of furan rings is 1. The van der Waals surface area contributed by atoms with E-state index in [2.05, 4.69) is 5.32 Å². The molecule has 0 spiro atoms. The molecule has 0 fully saturated rings. The zero-order valence-electron chi connectivity index (χ0n) is 10.4. The fraction of sp³-hybridized carbons (Fsp3) is 0.286. The minimum absolute atomic E-state index is 0.177. The van der Waals surface area contributed by atoms with Crippen molar-refractivity contribution in [3.8, 4) is 5.75 Å². The van der Waals surface area contributed by atoms with E-state index in [1.165, 1.54) is 0 Å². The second kappa shape index (κ2) is 5.94. The number of nitrogens with one attached hydrogen (secondary N) is 1. The monoisotopic (exact) mass is 265 g/mol. The summed E-state index contributed by atoms with van der Waals surface area (Å²) in [6.07, 6.45) is 4.22. The molecule has 1 unspecified atom stereocenters. The van der Waals surface area contributed by atoms with Crippen molar-refractivity contribution in [2.24, 2.45) is 0 Å². The molecule has 96 valence electrons. The Morgan fingerprint density at radius 2 is 2.22 bits per heavy atom. The van der Waals surface area contributed by atoms with Crippen LogP contribution in [0.4, 0.5) is 0 Å². The Kier molecular flexibility index (Phi) is 4.28. The summed E-state index contributed by atoms with van der Waals surface area (Å²) in [6, 6.07) is 7.79. The highest BCUT2D eigenvalue weighted by Gasteiger charge is 2.14. The third kappa shape index (κ3) is 2.86. The quantitative estimate of drug-likeness (QED) is 0.899. The summed E-state index contributed by atoms with van der Waals surface area (Å²) in [5.41, 5.74) is 2.19.